The van der Waals surface area contributed by atoms with Gasteiger partial charge in [-0.05, 0) is 31.2 Å². The minimum atomic E-state index is -0.0754. The average molecular weight is 506 g/mol. The summed E-state index contributed by atoms with van der Waals surface area (Å²) in [6, 6.07) is 9.63. The Morgan fingerprint density at radius 2 is 2.05 bits per heavy atom. The number of carbonyl (C=O) groups excluding carboxylic acids is 1. The number of imidazole rings is 1. The number of nitrogens with one attached hydrogen (secondary N) is 1. The predicted molar refractivity (Wildman–Crippen MR) is 140 cm³/mol. The number of para-hydroxylation sites is 2. The molecule has 1 saturated heterocycles. The van der Waals surface area contributed by atoms with Crippen LogP contribution in [0.15, 0.2) is 55.2 Å². The topological polar surface area (TPSA) is 97.6 Å². The van der Waals surface area contributed by atoms with Crippen LogP contribution in [-0.2, 0) is 4.79 Å². The van der Waals surface area contributed by atoms with E-state index < -0.39 is 0 Å². The van der Waals surface area contributed by atoms with Crippen LogP contribution in [0.1, 0.15) is 32.6 Å². The second-order valence-electron chi connectivity index (χ2n) is 9.53. The zero-order valence-electron chi connectivity index (χ0n) is 21.3. The van der Waals surface area contributed by atoms with Crippen molar-refractivity contribution in [3.63, 3.8) is 0 Å². The molecule has 2 aliphatic rings. The van der Waals surface area contributed by atoms with Gasteiger partial charge in [-0.25, -0.2) is 9.97 Å². The van der Waals surface area contributed by atoms with Gasteiger partial charge in [0.1, 0.15) is 24.9 Å². The number of hydrogen-bond donors (Lipinski definition) is 1. The normalized spacial score (nSPS) is 19.5. The summed E-state index contributed by atoms with van der Waals surface area (Å²) in [6.45, 7) is 6.88. The van der Waals surface area contributed by atoms with E-state index in [9.17, 15) is 4.79 Å². The summed E-state index contributed by atoms with van der Waals surface area (Å²) in [7, 11) is 0. The van der Waals surface area contributed by atoms with Crippen molar-refractivity contribution in [3.8, 4) is 17.4 Å². The minimum absolute atomic E-state index is 0.0253. The van der Waals surface area contributed by atoms with Crippen LogP contribution < -0.4 is 19.7 Å². The molecule has 10 heteroatoms. The number of hydrogen-bond acceptors (Lipinski definition) is 8. The molecule has 2 aromatic heterocycles. The van der Waals surface area contributed by atoms with Crippen molar-refractivity contribution < 1.29 is 14.3 Å². The summed E-state index contributed by atoms with van der Waals surface area (Å²) in [5.74, 6) is 2.97. The summed E-state index contributed by atoms with van der Waals surface area (Å²) in [4.78, 5) is 31.0. The third kappa shape index (κ3) is 6.37. The van der Waals surface area contributed by atoms with Gasteiger partial charge < -0.3 is 19.7 Å². The van der Waals surface area contributed by atoms with Gasteiger partial charge in [0.05, 0.1) is 6.04 Å². The first-order valence-electron chi connectivity index (χ1n) is 13.1. The number of unbranched alkanes of at least 4 members (excludes halogenated alkanes) is 1. The lowest BCUT2D eigenvalue weighted by Gasteiger charge is -2.42. The van der Waals surface area contributed by atoms with Crippen LogP contribution >= 0.6 is 0 Å². The van der Waals surface area contributed by atoms with Crippen LogP contribution in [0, 0.1) is 0 Å². The zero-order valence-corrected chi connectivity index (χ0v) is 21.3. The predicted octanol–water partition coefficient (Wildman–Crippen LogP) is 2.69. The maximum atomic E-state index is 13.0. The van der Waals surface area contributed by atoms with Crippen molar-refractivity contribution in [3.05, 3.63) is 55.2 Å². The molecule has 0 spiro atoms. The monoisotopic (exact) mass is 505 g/mol. The maximum Gasteiger partial charge on any atom is 0.236 e. The molecule has 2 atom stereocenters. The second kappa shape index (κ2) is 12.1. The number of benzene rings is 1. The first-order valence-corrected chi connectivity index (χ1v) is 13.1. The molecule has 1 fully saturated rings. The number of nitrogens with zero attached hydrogens (tertiary/aromatic N) is 6. The number of ether oxygens (including phenoxy) is 2. The molecular formula is C27H35N7O3. The molecule has 10 nitrogen and oxygen atoms in total. The maximum absolute atomic E-state index is 13.0. The second-order valence-corrected chi connectivity index (χ2v) is 9.53. The van der Waals surface area contributed by atoms with Crippen LogP contribution in [-0.4, -0.2) is 81.8 Å². The van der Waals surface area contributed by atoms with Crippen molar-refractivity contribution in [1.82, 2.24) is 29.7 Å². The molecule has 2 unspecified atom stereocenters. The smallest absolute Gasteiger partial charge is 0.236 e. The highest BCUT2D eigenvalue weighted by atomic mass is 16.6. The summed E-state index contributed by atoms with van der Waals surface area (Å²) >= 11 is 0. The standard InChI is InChI=1S/C27H35N7O3/c1-2-3-13-32-15-16-34(25-9-11-30-27(31-25)33-14-12-28-20-33)21(18-32)17-26(35)29-10-8-22-19-36-23-6-4-5-7-24(23)37-22/h4-7,9,11-12,14,20-22H,2-3,8,10,13,15-19H2,1H3,(H,29,35). The molecular weight excluding hydrogens is 470 g/mol. The number of aromatic nitrogens is 4. The molecule has 0 aliphatic carbocycles. The lowest BCUT2D eigenvalue weighted by molar-refractivity contribution is -0.121. The van der Waals surface area contributed by atoms with Gasteiger partial charge in [0.25, 0.3) is 0 Å². The molecule has 37 heavy (non-hydrogen) atoms. The lowest BCUT2D eigenvalue weighted by atomic mass is 10.1. The van der Waals surface area contributed by atoms with Crippen LogP contribution in [0.25, 0.3) is 5.95 Å². The van der Waals surface area contributed by atoms with Gasteiger partial charge in [-0.15, -0.1) is 0 Å². The Hall–Kier alpha value is -3.66. The van der Waals surface area contributed by atoms with Crippen LogP contribution in [0.3, 0.4) is 0 Å². The summed E-state index contributed by atoms with van der Waals surface area (Å²) in [6.07, 6.45) is 10.3. The Bertz CT molecular complexity index is 1160. The number of piperazine rings is 1. The molecule has 0 bridgehead atoms. The van der Waals surface area contributed by atoms with E-state index in [1.54, 1.807) is 23.3 Å². The lowest BCUT2D eigenvalue weighted by Crippen LogP contribution is -2.55. The number of fused-ring (bicyclic) bond motifs is 1. The first kappa shape index (κ1) is 25.0. The minimum Gasteiger partial charge on any atom is -0.486 e. The Balaban J connectivity index is 1.19. The van der Waals surface area contributed by atoms with Gasteiger partial charge in [-0.3, -0.25) is 14.3 Å². The Morgan fingerprint density at radius 3 is 2.89 bits per heavy atom. The van der Waals surface area contributed by atoms with Crippen molar-refractivity contribution in [2.24, 2.45) is 0 Å². The summed E-state index contributed by atoms with van der Waals surface area (Å²) in [5.41, 5.74) is 0. The van der Waals surface area contributed by atoms with Crippen molar-refractivity contribution >= 4 is 11.7 Å². The van der Waals surface area contributed by atoms with E-state index in [0.717, 1.165) is 56.3 Å². The highest BCUT2D eigenvalue weighted by Crippen LogP contribution is 2.31. The summed E-state index contributed by atoms with van der Waals surface area (Å²) in [5, 5.41) is 3.10. The van der Waals surface area contributed by atoms with Crippen molar-refractivity contribution in [2.75, 3.05) is 44.2 Å². The van der Waals surface area contributed by atoms with Gasteiger partial charge in [-0.2, -0.15) is 4.98 Å². The SMILES string of the molecule is CCCCN1CCN(c2ccnc(-n3ccnc3)n2)C(CC(=O)NCCC2COc3ccccc3O2)C1. The first-order chi connectivity index (χ1) is 18.2. The number of rotatable bonds is 10. The molecule has 5 rings (SSSR count). The van der Waals surface area contributed by atoms with Crippen LogP contribution in [0.4, 0.5) is 5.82 Å². The number of carbonyl (C=O) groups is 1. The van der Waals surface area contributed by atoms with Gasteiger partial charge in [0, 0.05) is 57.6 Å². The molecule has 4 heterocycles. The van der Waals surface area contributed by atoms with Crippen LogP contribution in [0.2, 0.25) is 0 Å². The van der Waals surface area contributed by atoms with E-state index in [0.29, 0.717) is 31.9 Å². The quantitative estimate of drug-likeness (QED) is 0.449. The Morgan fingerprint density at radius 1 is 1.16 bits per heavy atom. The van der Waals surface area contributed by atoms with E-state index in [1.807, 2.05) is 36.5 Å². The van der Waals surface area contributed by atoms with Gasteiger partial charge >= 0.3 is 0 Å². The molecule has 2 aliphatic heterocycles. The van der Waals surface area contributed by atoms with E-state index in [-0.39, 0.29) is 18.1 Å². The number of amides is 1. The zero-order chi connectivity index (χ0) is 25.5. The summed E-state index contributed by atoms with van der Waals surface area (Å²) < 4.78 is 13.6. The van der Waals surface area contributed by atoms with Crippen molar-refractivity contribution in [1.29, 1.82) is 0 Å². The fourth-order valence-corrected chi connectivity index (χ4v) is 4.85. The Labute approximate surface area is 217 Å². The highest BCUT2D eigenvalue weighted by Gasteiger charge is 2.30. The molecule has 0 radical (unpaired) electrons. The molecule has 1 aromatic carbocycles. The fourth-order valence-electron chi connectivity index (χ4n) is 4.85. The fraction of sp³-hybridized carbons (Fsp3) is 0.481. The van der Waals surface area contributed by atoms with Gasteiger partial charge in [0.15, 0.2) is 11.5 Å². The van der Waals surface area contributed by atoms with Gasteiger partial charge in [0.2, 0.25) is 11.9 Å². The largest absolute Gasteiger partial charge is 0.486 e. The third-order valence-electron chi connectivity index (χ3n) is 6.83. The van der Waals surface area contributed by atoms with Crippen LogP contribution in [0.5, 0.6) is 11.5 Å². The molecule has 1 amide bonds. The highest BCUT2D eigenvalue weighted by molar-refractivity contribution is 5.77. The van der Waals surface area contributed by atoms with E-state index in [2.05, 4.69) is 32.0 Å². The molecule has 1 N–H and O–H groups in total. The molecule has 196 valence electrons. The average Bonchev–Trinajstić information content (AvgIpc) is 3.47. The number of anilines is 1. The van der Waals surface area contributed by atoms with E-state index >= 15 is 0 Å². The van der Waals surface area contributed by atoms with E-state index in [1.165, 1.54) is 0 Å². The van der Waals surface area contributed by atoms with Gasteiger partial charge in [-0.1, -0.05) is 25.5 Å². The van der Waals surface area contributed by atoms with Crippen molar-refractivity contribution in [2.45, 2.75) is 44.8 Å². The molecule has 3 aromatic rings. The third-order valence-corrected chi connectivity index (χ3v) is 6.83. The Kier molecular flexibility index (Phi) is 8.15. The molecule has 0 saturated carbocycles. The van der Waals surface area contributed by atoms with E-state index in [4.69, 9.17) is 14.5 Å².